The molecule has 1 saturated heterocycles. The monoisotopic (exact) mass is 475 g/mol. The van der Waals surface area contributed by atoms with E-state index in [-0.39, 0.29) is 24.4 Å². The Kier molecular flexibility index (Phi) is 8.07. The van der Waals surface area contributed by atoms with Crippen LogP contribution in [-0.2, 0) is 26.0 Å². The molecular weight excluding hydrogens is 438 g/mol. The molecule has 0 radical (unpaired) electrons. The van der Waals surface area contributed by atoms with Gasteiger partial charge in [0, 0.05) is 31.2 Å². The standard InChI is InChI=1S/C25H37N3O4S/c29-24(26-21-11-5-1-2-6-12-21)19-28-23-15-14-22(18-20(23)10-9-13-25(28)30)33(31,32)27-16-7-3-4-8-17-27/h14-15,18,21H,1-13,16-17,19H2,(H,26,29). The molecule has 8 heteroatoms. The van der Waals surface area contributed by atoms with Gasteiger partial charge in [-0.3, -0.25) is 9.59 Å². The minimum Gasteiger partial charge on any atom is -0.352 e. The normalized spacial score (nSPS) is 21.6. The molecule has 4 rings (SSSR count). The number of benzene rings is 1. The van der Waals surface area contributed by atoms with Crippen molar-refractivity contribution in [1.82, 2.24) is 9.62 Å². The smallest absolute Gasteiger partial charge is 0.243 e. The third kappa shape index (κ3) is 5.96. The average molecular weight is 476 g/mol. The summed E-state index contributed by atoms with van der Waals surface area (Å²) in [4.78, 5) is 27.5. The summed E-state index contributed by atoms with van der Waals surface area (Å²) in [7, 11) is -3.56. The second-order valence-electron chi connectivity index (χ2n) is 9.70. The number of hydrogen-bond acceptors (Lipinski definition) is 4. The summed E-state index contributed by atoms with van der Waals surface area (Å²) in [6.45, 7) is 1.11. The molecule has 2 amide bonds. The fourth-order valence-electron chi connectivity index (χ4n) is 5.33. The SMILES string of the molecule is O=C(CN1C(=O)CCCc2cc(S(=O)(=O)N3CCCCCC3)ccc21)NC1CCCCCC1. The summed E-state index contributed by atoms with van der Waals surface area (Å²) in [5.41, 5.74) is 1.50. The van der Waals surface area contributed by atoms with Gasteiger partial charge in [0.05, 0.1) is 4.90 Å². The van der Waals surface area contributed by atoms with Crippen LogP contribution in [0.1, 0.15) is 82.6 Å². The van der Waals surface area contributed by atoms with E-state index < -0.39 is 10.0 Å². The van der Waals surface area contributed by atoms with Gasteiger partial charge in [0.2, 0.25) is 21.8 Å². The van der Waals surface area contributed by atoms with Crippen LogP contribution >= 0.6 is 0 Å². The molecule has 7 nitrogen and oxygen atoms in total. The highest BCUT2D eigenvalue weighted by Crippen LogP contribution is 2.31. The molecule has 1 aliphatic carbocycles. The van der Waals surface area contributed by atoms with Crippen molar-refractivity contribution in [2.75, 3.05) is 24.5 Å². The lowest BCUT2D eigenvalue weighted by atomic mass is 10.1. The molecule has 1 N–H and O–H groups in total. The van der Waals surface area contributed by atoms with Crippen molar-refractivity contribution in [3.8, 4) is 0 Å². The molecule has 0 aromatic heterocycles. The maximum absolute atomic E-state index is 13.3. The lowest BCUT2D eigenvalue weighted by molar-refractivity contribution is -0.124. The Hall–Kier alpha value is -1.93. The molecule has 0 unspecified atom stereocenters. The fraction of sp³-hybridized carbons (Fsp3) is 0.680. The van der Waals surface area contributed by atoms with Crippen LogP contribution in [0.25, 0.3) is 0 Å². The van der Waals surface area contributed by atoms with E-state index in [0.717, 1.165) is 56.9 Å². The van der Waals surface area contributed by atoms with Crippen molar-refractivity contribution in [1.29, 1.82) is 0 Å². The molecular formula is C25H37N3O4S. The number of sulfonamides is 1. The number of fused-ring (bicyclic) bond motifs is 1. The highest BCUT2D eigenvalue weighted by Gasteiger charge is 2.29. The predicted molar refractivity (Wildman–Crippen MR) is 129 cm³/mol. The van der Waals surface area contributed by atoms with Gasteiger partial charge in [-0.15, -0.1) is 0 Å². The summed E-state index contributed by atoms with van der Waals surface area (Å²) in [5.74, 6) is -0.211. The van der Waals surface area contributed by atoms with Gasteiger partial charge in [-0.05, 0) is 62.3 Å². The lowest BCUT2D eigenvalue weighted by Crippen LogP contribution is -2.44. The van der Waals surface area contributed by atoms with Gasteiger partial charge in [-0.1, -0.05) is 38.5 Å². The van der Waals surface area contributed by atoms with Crippen LogP contribution in [0, 0.1) is 0 Å². The Morgan fingerprint density at radius 3 is 2.27 bits per heavy atom. The van der Waals surface area contributed by atoms with Crippen molar-refractivity contribution in [3.63, 3.8) is 0 Å². The molecule has 0 spiro atoms. The molecule has 33 heavy (non-hydrogen) atoms. The summed E-state index contributed by atoms with van der Waals surface area (Å²) in [5, 5.41) is 3.13. The Bertz CT molecular complexity index is 946. The zero-order valence-corrected chi connectivity index (χ0v) is 20.4. The van der Waals surface area contributed by atoms with Crippen molar-refractivity contribution >= 4 is 27.5 Å². The summed E-state index contributed by atoms with van der Waals surface area (Å²) in [6, 6.07) is 5.24. The van der Waals surface area contributed by atoms with Gasteiger partial charge in [-0.25, -0.2) is 8.42 Å². The maximum atomic E-state index is 13.3. The van der Waals surface area contributed by atoms with Gasteiger partial charge in [-0.2, -0.15) is 4.31 Å². The number of aryl methyl sites for hydroxylation is 1. The Morgan fingerprint density at radius 2 is 1.58 bits per heavy atom. The predicted octanol–water partition coefficient (Wildman–Crippen LogP) is 3.76. The first kappa shape index (κ1) is 24.2. The number of anilines is 1. The van der Waals surface area contributed by atoms with E-state index in [1.54, 1.807) is 27.4 Å². The molecule has 0 atom stereocenters. The highest BCUT2D eigenvalue weighted by molar-refractivity contribution is 7.89. The fourth-order valence-corrected chi connectivity index (χ4v) is 6.90. The average Bonchev–Trinajstić information content (AvgIpc) is 3.27. The molecule has 2 heterocycles. The van der Waals surface area contributed by atoms with Crippen molar-refractivity contribution in [3.05, 3.63) is 23.8 Å². The van der Waals surface area contributed by atoms with Gasteiger partial charge >= 0.3 is 0 Å². The molecule has 0 bridgehead atoms. The van der Waals surface area contributed by atoms with E-state index in [0.29, 0.717) is 42.9 Å². The molecule has 182 valence electrons. The van der Waals surface area contributed by atoms with Crippen LogP contribution < -0.4 is 10.2 Å². The quantitative estimate of drug-likeness (QED) is 0.657. The highest BCUT2D eigenvalue weighted by atomic mass is 32.2. The zero-order valence-electron chi connectivity index (χ0n) is 19.6. The third-order valence-electron chi connectivity index (χ3n) is 7.20. The number of carbonyl (C=O) groups excluding carboxylic acids is 2. The van der Waals surface area contributed by atoms with Crippen LogP contribution in [0.5, 0.6) is 0 Å². The van der Waals surface area contributed by atoms with E-state index >= 15 is 0 Å². The van der Waals surface area contributed by atoms with E-state index in [4.69, 9.17) is 0 Å². The number of carbonyl (C=O) groups is 2. The van der Waals surface area contributed by atoms with E-state index in [2.05, 4.69) is 5.32 Å². The second kappa shape index (κ2) is 11.0. The first-order chi connectivity index (χ1) is 15.9. The number of nitrogens with one attached hydrogen (secondary N) is 1. The number of amides is 2. The van der Waals surface area contributed by atoms with Gasteiger partial charge in [0.25, 0.3) is 0 Å². The molecule has 1 aromatic carbocycles. The second-order valence-corrected chi connectivity index (χ2v) is 11.6. The molecule has 3 aliphatic rings. The molecule has 2 aliphatic heterocycles. The van der Waals surface area contributed by atoms with Crippen LogP contribution in [0.2, 0.25) is 0 Å². The van der Waals surface area contributed by atoms with Crippen molar-refractivity contribution in [2.24, 2.45) is 0 Å². The number of hydrogen-bond donors (Lipinski definition) is 1. The first-order valence-corrected chi connectivity index (χ1v) is 14.1. The van der Waals surface area contributed by atoms with Gasteiger partial charge in [0.15, 0.2) is 0 Å². The Labute approximate surface area is 198 Å². The Morgan fingerprint density at radius 1 is 0.909 bits per heavy atom. The van der Waals surface area contributed by atoms with Crippen LogP contribution in [0.4, 0.5) is 5.69 Å². The first-order valence-electron chi connectivity index (χ1n) is 12.7. The summed E-state index contributed by atoms with van der Waals surface area (Å²) < 4.78 is 28.1. The molecule has 1 saturated carbocycles. The molecule has 2 fully saturated rings. The van der Waals surface area contributed by atoms with E-state index in [9.17, 15) is 18.0 Å². The van der Waals surface area contributed by atoms with Gasteiger partial charge in [0.1, 0.15) is 6.54 Å². The van der Waals surface area contributed by atoms with Gasteiger partial charge < -0.3 is 10.2 Å². The lowest BCUT2D eigenvalue weighted by Gasteiger charge is -2.25. The summed E-state index contributed by atoms with van der Waals surface area (Å²) in [6.07, 6.45) is 12.2. The maximum Gasteiger partial charge on any atom is 0.243 e. The zero-order chi connectivity index (χ0) is 23.3. The van der Waals surface area contributed by atoms with E-state index in [1.807, 2.05) is 0 Å². The minimum atomic E-state index is -3.56. The van der Waals surface area contributed by atoms with Crippen LogP contribution in [0.15, 0.2) is 23.1 Å². The largest absolute Gasteiger partial charge is 0.352 e. The van der Waals surface area contributed by atoms with Crippen LogP contribution in [-0.4, -0.2) is 50.2 Å². The molecule has 1 aromatic rings. The Balaban J connectivity index is 1.52. The van der Waals surface area contributed by atoms with Crippen molar-refractivity contribution < 1.29 is 18.0 Å². The topological polar surface area (TPSA) is 86.8 Å². The number of nitrogens with zero attached hydrogens (tertiary/aromatic N) is 2. The van der Waals surface area contributed by atoms with Crippen molar-refractivity contribution in [2.45, 2.75) is 94.4 Å². The summed E-state index contributed by atoms with van der Waals surface area (Å²) >= 11 is 0. The third-order valence-corrected chi connectivity index (χ3v) is 9.10. The minimum absolute atomic E-state index is 0.0133. The van der Waals surface area contributed by atoms with Crippen LogP contribution in [0.3, 0.4) is 0 Å². The number of rotatable bonds is 5. The van der Waals surface area contributed by atoms with E-state index in [1.165, 1.54) is 12.8 Å².